The highest BCUT2D eigenvalue weighted by atomic mass is 16.5. The predicted octanol–water partition coefficient (Wildman–Crippen LogP) is 5.28. The molecule has 0 fully saturated rings. The first-order valence-corrected chi connectivity index (χ1v) is 12.7. The summed E-state index contributed by atoms with van der Waals surface area (Å²) < 4.78 is 18.4. The van der Waals surface area contributed by atoms with Gasteiger partial charge in [0.25, 0.3) is 0 Å². The number of carbonyl (C=O) groups is 4. The average molecular weight is 543 g/mol. The second-order valence-corrected chi connectivity index (χ2v) is 7.89. The Balaban J connectivity index is -0.000000208. The first kappa shape index (κ1) is 41.9. The molecule has 9 nitrogen and oxygen atoms in total. The Morgan fingerprint density at radius 3 is 1.63 bits per heavy atom. The number of methoxy groups -OCH3 is 1. The van der Waals surface area contributed by atoms with Crippen LogP contribution < -0.4 is 0 Å². The monoisotopic (exact) mass is 542 g/mol. The number of hydrogen-bond donors (Lipinski definition) is 1. The zero-order valence-corrected chi connectivity index (χ0v) is 24.3. The number of rotatable bonds is 15. The maximum absolute atomic E-state index is 10.8. The van der Waals surface area contributed by atoms with Gasteiger partial charge in [-0.1, -0.05) is 72.8 Å². The Kier molecular flexibility index (Phi) is 35.1. The zero-order chi connectivity index (χ0) is 30.4. The average Bonchev–Trinajstić information content (AvgIpc) is 2.91. The topological polar surface area (TPSA) is 125 Å². The Morgan fingerprint density at radius 1 is 0.789 bits per heavy atom. The summed E-state index contributed by atoms with van der Waals surface area (Å²) in [5, 5.41) is 8.19. The SMILES string of the molecule is C=C(C)C(=O)OC.C=C(C)C(=O)OCCO.C=CC(=O)OCC(CC)CCCC.C=CC(=O)OCCCC. The molecule has 0 rings (SSSR count). The Bertz CT molecular complexity index is 694. The van der Waals surface area contributed by atoms with Gasteiger partial charge in [-0.3, -0.25) is 0 Å². The molecule has 0 aliphatic rings. The van der Waals surface area contributed by atoms with E-state index in [4.69, 9.17) is 9.84 Å². The van der Waals surface area contributed by atoms with Crippen LogP contribution in [0.1, 0.15) is 73.1 Å². The van der Waals surface area contributed by atoms with E-state index in [2.05, 4.69) is 54.4 Å². The summed E-state index contributed by atoms with van der Waals surface area (Å²) in [5.41, 5.74) is 0.783. The molecule has 1 atom stereocenters. The third-order valence-electron chi connectivity index (χ3n) is 4.29. The number of ether oxygens (including phenoxy) is 4. The molecule has 0 spiro atoms. The van der Waals surface area contributed by atoms with Gasteiger partial charge in [0.2, 0.25) is 0 Å². The van der Waals surface area contributed by atoms with Crippen LogP contribution in [0.15, 0.2) is 49.6 Å². The predicted molar refractivity (Wildman–Crippen MR) is 150 cm³/mol. The number of aliphatic hydroxyl groups is 1. The quantitative estimate of drug-likeness (QED) is 0.127. The summed E-state index contributed by atoms with van der Waals surface area (Å²) in [7, 11) is 1.33. The van der Waals surface area contributed by atoms with E-state index in [1.807, 2.05) is 6.92 Å². The van der Waals surface area contributed by atoms with Crippen LogP contribution in [0.2, 0.25) is 0 Å². The highest BCUT2D eigenvalue weighted by Crippen LogP contribution is 2.12. The lowest BCUT2D eigenvalue weighted by atomic mass is 10.0. The van der Waals surface area contributed by atoms with Gasteiger partial charge in [-0.25, -0.2) is 19.2 Å². The normalized spacial score (nSPS) is 9.66. The molecule has 9 heteroatoms. The number of aliphatic hydroxyl groups excluding tert-OH is 1. The van der Waals surface area contributed by atoms with E-state index < -0.39 is 5.97 Å². The van der Waals surface area contributed by atoms with Crippen LogP contribution in [0, 0.1) is 5.92 Å². The molecule has 1 N–H and O–H groups in total. The first-order chi connectivity index (χ1) is 17.9. The lowest BCUT2D eigenvalue weighted by molar-refractivity contribution is -0.140. The fourth-order valence-electron chi connectivity index (χ4n) is 1.97. The van der Waals surface area contributed by atoms with Crippen molar-refractivity contribution >= 4 is 23.9 Å². The highest BCUT2D eigenvalue weighted by Gasteiger charge is 2.07. The molecule has 0 saturated heterocycles. The number of esters is 4. The molecule has 220 valence electrons. The molecule has 0 aromatic heterocycles. The van der Waals surface area contributed by atoms with Crippen LogP contribution in [0.25, 0.3) is 0 Å². The van der Waals surface area contributed by atoms with Crippen LogP contribution in [0.3, 0.4) is 0 Å². The first-order valence-electron chi connectivity index (χ1n) is 12.7. The van der Waals surface area contributed by atoms with Gasteiger partial charge in [0.1, 0.15) is 6.61 Å². The van der Waals surface area contributed by atoms with Gasteiger partial charge in [0.05, 0.1) is 26.9 Å². The summed E-state index contributed by atoms with van der Waals surface area (Å²) in [5.74, 6) is -0.925. The van der Waals surface area contributed by atoms with Gasteiger partial charge in [-0.2, -0.15) is 0 Å². The number of carbonyl (C=O) groups excluding carboxylic acids is 4. The third kappa shape index (κ3) is 35.0. The van der Waals surface area contributed by atoms with Crippen molar-refractivity contribution < 1.29 is 43.2 Å². The van der Waals surface area contributed by atoms with Gasteiger partial charge in [-0.15, -0.1) is 0 Å². The number of hydrogen-bond acceptors (Lipinski definition) is 9. The van der Waals surface area contributed by atoms with E-state index in [1.165, 1.54) is 32.1 Å². The van der Waals surface area contributed by atoms with E-state index in [0.717, 1.165) is 25.7 Å². The van der Waals surface area contributed by atoms with E-state index in [-0.39, 0.29) is 31.1 Å². The maximum atomic E-state index is 10.8. The van der Waals surface area contributed by atoms with Crippen LogP contribution in [0.5, 0.6) is 0 Å². The smallest absolute Gasteiger partial charge is 0.333 e. The van der Waals surface area contributed by atoms with Crippen molar-refractivity contribution in [3.63, 3.8) is 0 Å². The van der Waals surface area contributed by atoms with E-state index >= 15 is 0 Å². The minimum atomic E-state index is -0.455. The Hall–Kier alpha value is -3.20. The molecule has 0 heterocycles. The van der Waals surface area contributed by atoms with Gasteiger partial charge < -0.3 is 24.1 Å². The molecule has 0 saturated carbocycles. The zero-order valence-electron chi connectivity index (χ0n) is 24.3. The third-order valence-corrected chi connectivity index (χ3v) is 4.29. The van der Waals surface area contributed by atoms with E-state index in [1.54, 1.807) is 13.8 Å². The van der Waals surface area contributed by atoms with Crippen LogP contribution >= 0.6 is 0 Å². The molecule has 0 bridgehead atoms. The van der Waals surface area contributed by atoms with Gasteiger partial charge in [-0.05, 0) is 32.6 Å². The minimum absolute atomic E-state index is 0.0473. The number of unbranched alkanes of at least 4 members (excludes halogenated alkanes) is 2. The van der Waals surface area contributed by atoms with Gasteiger partial charge in [0, 0.05) is 23.3 Å². The summed E-state index contributed by atoms with van der Waals surface area (Å²) in [4.78, 5) is 41.8. The molecular formula is C29H50O9. The van der Waals surface area contributed by atoms with Crippen molar-refractivity contribution in [3.05, 3.63) is 49.6 Å². The fourth-order valence-corrected chi connectivity index (χ4v) is 1.97. The molecule has 0 aromatic carbocycles. The highest BCUT2D eigenvalue weighted by molar-refractivity contribution is 5.87. The molecule has 0 amide bonds. The van der Waals surface area contributed by atoms with Gasteiger partial charge in [0.15, 0.2) is 0 Å². The van der Waals surface area contributed by atoms with Crippen molar-refractivity contribution in [2.24, 2.45) is 5.92 Å². The van der Waals surface area contributed by atoms with Crippen molar-refractivity contribution in [2.45, 2.75) is 73.1 Å². The Morgan fingerprint density at radius 2 is 1.29 bits per heavy atom. The molecular weight excluding hydrogens is 492 g/mol. The van der Waals surface area contributed by atoms with Crippen LogP contribution in [0.4, 0.5) is 0 Å². The molecule has 1 unspecified atom stereocenters. The van der Waals surface area contributed by atoms with Crippen molar-refractivity contribution in [3.8, 4) is 0 Å². The molecule has 38 heavy (non-hydrogen) atoms. The van der Waals surface area contributed by atoms with Crippen molar-refractivity contribution in [1.29, 1.82) is 0 Å². The minimum Gasteiger partial charge on any atom is -0.466 e. The maximum Gasteiger partial charge on any atom is 0.333 e. The molecule has 0 aliphatic heterocycles. The summed E-state index contributed by atoms with van der Waals surface area (Å²) in [6.45, 7) is 23.8. The fraction of sp³-hybridized carbons (Fsp3) is 0.586. The second-order valence-electron chi connectivity index (χ2n) is 7.89. The Labute approximate surface area is 229 Å². The standard InChI is InChI=1S/C11H20O2.C7H12O2.C6H10O3.C5H8O2/c1-4-7-8-10(5-2)9-13-11(12)6-3;1-3-5-6-9-7(8)4-2;1-5(2)6(8)9-4-3-7;1-4(2)5(6)7-3/h6,10H,3-5,7-9H2,1-2H3;4H,2-3,5-6H2,1H3;7H,1,3-4H2,2H3;1H2,2-3H3. The lowest BCUT2D eigenvalue weighted by Gasteiger charge is -2.13. The molecule has 0 aliphatic carbocycles. The van der Waals surface area contributed by atoms with Crippen molar-refractivity contribution in [2.75, 3.05) is 33.5 Å². The van der Waals surface area contributed by atoms with Crippen LogP contribution in [-0.4, -0.2) is 62.5 Å². The lowest BCUT2D eigenvalue weighted by Crippen LogP contribution is -2.12. The van der Waals surface area contributed by atoms with Crippen molar-refractivity contribution in [1.82, 2.24) is 0 Å². The molecule has 0 aromatic rings. The van der Waals surface area contributed by atoms with Crippen LogP contribution in [-0.2, 0) is 38.1 Å². The summed E-state index contributed by atoms with van der Waals surface area (Å²) in [6.07, 6.45) is 9.00. The van der Waals surface area contributed by atoms with Gasteiger partial charge >= 0.3 is 23.9 Å². The summed E-state index contributed by atoms with van der Waals surface area (Å²) in [6, 6.07) is 0. The summed E-state index contributed by atoms with van der Waals surface area (Å²) >= 11 is 0. The second kappa shape index (κ2) is 31.8. The largest absolute Gasteiger partial charge is 0.466 e. The molecule has 0 radical (unpaired) electrons. The van der Waals surface area contributed by atoms with E-state index in [0.29, 0.717) is 30.3 Å². The van der Waals surface area contributed by atoms with E-state index in [9.17, 15) is 19.2 Å².